The van der Waals surface area contributed by atoms with Crippen molar-refractivity contribution in [3.8, 4) is 0 Å². The number of halogens is 2. The number of benzene rings is 1. The maximum Gasteiger partial charge on any atom is 0.329 e. The second kappa shape index (κ2) is 6.01. The Morgan fingerprint density at radius 2 is 1.95 bits per heavy atom. The molecular weight excluding hydrogens is 348 g/mol. The highest BCUT2D eigenvalue weighted by Crippen LogP contribution is 2.30. The Labute approximate surface area is 129 Å². The molecule has 0 aliphatic heterocycles. The molecule has 7 heteroatoms. The number of hydrogen-bond acceptors (Lipinski definition) is 2. The van der Waals surface area contributed by atoms with Crippen LogP contribution in [-0.2, 0) is 4.79 Å². The van der Waals surface area contributed by atoms with Crippen molar-refractivity contribution in [3.63, 3.8) is 0 Å². The van der Waals surface area contributed by atoms with Crippen LogP contribution in [0.3, 0.4) is 0 Å². The van der Waals surface area contributed by atoms with Gasteiger partial charge in [-0.15, -0.1) is 0 Å². The molecule has 3 N–H and O–H groups in total. The lowest BCUT2D eigenvalue weighted by Crippen LogP contribution is -2.53. The van der Waals surface area contributed by atoms with E-state index < -0.39 is 17.5 Å². The summed E-state index contributed by atoms with van der Waals surface area (Å²) < 4.78 is 0.797. The molecule has 108 valence electrons. The van der Waals surface area contributed by atoms with E-state index in [1.54, 1.807) is 18.2 Å². The Hall–Kier alpha value is -1.27. The quantitative estimate of drug-likeness (QED) is 0.769. The van der Waals surface area contributed by atoms with Crippen molar-refractivity contribution < 1.29 is 14.7 Å². The number of amides is 2. The van der Waals surface area contributed by atoms with Gasteiger partial charge in [0.15, 0.2) is 0 Å². The molecule has 1 aliphatic carbocycles. The predicted octanol–water partition coefficient (Wildman–Crippen LogP) is 3.62. The molecule has 0 saturated heterocycles. The first-order chi connectivity index (χ1) is 9.43. The Bertz CT molecular complexity index is 544. The maximum absolute atomic E-state index is 12.0. The first kappa shape index (κ1) is 15.1. The van der Waals surface area contributed by atoms with Crippen LogP contribution in [-0.4, -0.2) is 22.6 Å². The maximum atomic E-state index is 12.0. The number of nitrogens with one attached hydrogen (secondary N) is 2. The van der Waals surface area contributed by atoms with Crippen molar-refractivity contribution in [1.29, 1.82) is 0 Å². The van der Waals surface area contributed by atoms with E-state index in [1.807, 2.05) is 0 Å². The minimum Gasteiger partial charge on any atom is -0.480 e. The normalized spacial score (nSPS) is 16.7. The van der Waals surface area contributed by atoms with E-state index in [4.69, 9.17) is 11.6 Å². The average Bonchev–Trinajstić information content (AvgIpc) is 2.82. The van der Waals surface area contributed by atoms with Gasteiger partial charge < -0.3 is 15.7 Å². The van der Waals surface area contributed by atoms with Crippen molar-refractivity contribution in [3.05, 3.63) is 27.7 Å². The fourth-order valence-electron chi connectivity index (χ4n) is 2.33. The van der Waals surface area contributed by atoms with E-state index in [0.717, 1.165) is 17.3 Å². The molecule has 0 bridgehead atoms. The van der Waals surface area contributed by atoms with Gasteiger partial charge in [-0.2, -0.15) is 0 Å². The van der Waals surface area contributed by atoms with Crippen LogP contribution in [0.15, 0.2) is 22.7 Å². The van der Waals surface area contributed by atoms with E-state index in [9.17, 15) is 14.7 Å². The second-order valence-corrected chi connectivity index (χ2v) is 6.12. The molecule has 1 aliphatic rings. The van der Waals surface area contributed by atoms with Crippen LogP contribution in [0.5, 0.6) is 0 Å². The molecule has 0 atom stereocenters. The van der Waals surface area contributed by atoms with Gasteiger partial charge in [-0.1, -0.05) is 40.4 Å². The van der Waals surface area contributed by atoms with Crippen molar-refractivity contribution in [2.75, 3.05) is 5.32 Å². The third kappa shape index (κ3) is 3.24. The van der Waals surface area contributed by atoms with Gasteiger partial charge in [0, 0.05) is 4.47 Å². The average molecular weight is 362 g/mol. The Kier molecular flexibility index (Phi) is 4.55. The summed E-state index contributed by atoms with van der Waals surface area (Å²) in [6.45, 7) is 0. The number of urea groups is 1. The largest absolute Gasteiger partial charge is 0.480 e. The number of anilines is 1. The Morgan fingerprint density at radius 1 is 1.30 bits per heavy atom. The minimum atomic E-state index is -1.16. The molecule has 0 unspecified atom stereocenters. The number of carboxylic acids is 1. The van der Waals surface area contributed by atoms with Gasteiger partial charge in [0.2, 0.25) is 0 Å². The lowest BCUT2D eigenvalue weighted by Gasteiger charge is -2.25. The molecule has 0 radical (unpaired) electrons. The summed E-state index contributed by atoms with van der Waals surface area (Å²) in [5, 5.41) is 14.8. The van der Waals surface area contributed by atoms with Crippen LogP contribution < -0.4 is 10.6 Å². The number of carboxylic acid groups (broad SMARTS) is 1. The zero-order chi connectivity index (χ0) is 14.8. The van der Waals surface area contributed by atoms with E-state index in [-0.39, 0.29) is 0 Å². The standard InChI is InChI=1S/C13H14BrClN2O3/c14-8-3-4-10(9(15)7-8)16-12(20)17-13(11(18)19)5-1-2-6-13/h3-4,7H,1-2,5-6H2,(H,18,19)(H2,16,17,20). The van der Waals surface area contributed by atoms with Crippen LogP contribution >= 0.6 is 27.5 Å². The van der Waals surface area contributed by atoms with Gasteiger partial charge >= 0.3 is 12.0 Å². The summed E-state index contributed by atoms with van der Waals surface area (Å²) in [5.74, 6) is -0.993. The molecule has 1 aromatic carbocycles. The Balaban J connectivity index is 2.07. The molecule has 0 heterocycles. The van der Waals surface area contributed by atoms with Gasteiger partial charge in [0.1, 0.15) is 5.54 Å². The van der Waals surface area contributed by atoms with Gasteiger partial charge in [-0.3, -0.25) is 0 Å². The molecule has 2 rings (SSSR count). The summed E-state index contributed by atoms with van der Waals surface area (Å²) in [7, 11) is 0. The number of carbonyl (C=O) groups is 2. The molecule has 1 saturated carbocycles. The fourth-order valence-corrected chi connectivity index (χ4v) is 3.05. The lowest BCUT2D eigenvalue weighted by atomic mass is 9.98. The molecule has 2 amide bonds. The predicted molar refractivity (Wildman–Crippen MR) is 80.1 cm³/mol. The van der Waals surface area contributed by atoms with E-state index in [2.05, 4.69) is 26.6 Å². The van der Waals surface area contributed by atoms with Crippen molar-refractivity contribution >= 4 is 45.2 Å². The smallest absolute Gasteiger partial charge is 0.329 e. The second-order valence-electron chi connectivity index (χ2n) is 4.80. The zero-order valence-electron chi connectivity index (χ0n) is 10.6. The summed E-state index contributed by atoms with van der Waals surface area (Å²) in [6, 6.07) is 4.48. The molecule has 0 spiro atoms. The number of hydrogen-bond donors (Lipinski definition) is 3. The summed E-state index contributed by atoms with van der Waals surface area (Å²) in [5.41, 5.74) is -0.725. The van der Waals surface area contributed by atoms with E-state index >= 15 is 0 Å². The van der Waals surface area contributed by atoms with Gasteiger partial charge in [-0.25, -0.2) is 9.59 Å². The van der Waals surface area contributed by atoms with Crippen molar-refractivity contribution in [2.24, 2.45) is 0 Å². The Morgan fingerprint density at radius 3 is 2.50 bits per heavy atom. The summed E-state index contributed by atoms with van der Waals surface area (Å²) >= 11 is 9.27. The monoisotopic (exact) mass is 360 g/mol. The summed E-state index contributed by atoms with van der Waals surface area (Å²) in [4.78, 5) is 23.3. The van der Waals surface area contributed by atoms with Crippen LogP contribution in [0.1, 0.15) is 25.7 Å². The highest BCUT2D eigenvalue weighted by Gasteiger charge is 2.42. The van der Waals surface area contributed by atoms with Crippen LogP contribution in [0.2, 0.25) is 5.02 Å². The molecule has 1 aromatic rings. The molecule has 20 heavy (non-hydrogen) atoms. The first-order valence-corrected chi connectivity index (χ1v) is 7.38. The zero-order valence-corrected chi connectivity index (χ0v) is 12.9. The van der Waals surface area contributed by atoms with Gasteiger partial charge in [-0.05, 0) is 31.0 Å². The van der Waals surface area contributed by atoms with Crippen molar-refractivity contribution in [1.82, 2.24) is 5.32 Å². The number of carbonyl (C=O) groups excluding carboxylic acids is 1. The van der Waals surface area contributed by atoms with Crippen LogP contribution in [0.25, 0.3) is 0 Å². The molecule has 0 aromatic heterocycles. The van der Waals surface area contributed by atoms with Crippen LogP contribution in [0, 0.1) is 0 Å². The highest BCUT2D eigenvalue weighted by molar-refractivity contribution is 9.10. The molecule has 1 fully saturated rings. The number of aliphatic carboxylic acids is 1. The van der Waals surface area contributed by atoms with Gasteiger partial charge in [0.25, 0.3) is 0 Å². The van der Waals surface area contributed by atoms with Crippen LogP contribution in [0.4, 0.5) is 10.5 Å². The number of rotatable bonds is 3. The first-order valence-electron chi connectivity index (χ1n) is 6.20. The van der Waals surface area contributed by atoms with E-state index in [1.165, 1.54) is 0 Å². The molecule has 5 nitrogen and oxygen atoms in total. The van der Waals surface area contributed by atoms with Gasteiger partial charge in [0.05, 0.1) is 10.7 Å². The molecular formula is C13H14BrClN2O3. The topological polar surface area (TPSA) is 78.4 Å². The van der Waals surface area contributed by atoms with Crippen molar-refractivity contribution in [2.45, 2.75) is 31.2 Å². The highest BCUT2D eigenvalue weighted by atomic mass is 79.9. The fraction of sp³-hybridized carbons (Fsp3) is 0.385. The summed E-state index contributed by atoms with van der Waals surface area (Å²) in [6.07, 6.45) is 2.49. The third-order valence-corrected chi connectivity index (χ3v) is 4.20. The minimum absolute atomic E-state index is 0.380. The van der Waals surface area contributed by atoms with E-state index in [0.29, 0.717) is 23.6 Å². The third-order valence-electron chi connectivity index (χ3n) is 3.40. The SMILES string of the molecule is O=C(Nc1ccc(Br)cc1Cl)NC1(C(=O)O)CCCC1. The lowest BCUT2D eigenvalue weighted by molar-refractivity contribution is -0.144.